The Labute approximate surface area is 164 Å². The van der Waals surface area contributed by atoms with Gasteiger partial charge in [-0.1, -0.05) is 17.7 Å². The van der Waals surface area contributed by atoms with E-state index in [1.807, 2.05) is 17.0 Å². The van der Waals surface area contributed by atoms with E-state index in [0.29, 0.717) is 23.7 Å². The molecule has 0 spiro atoms. The second kappa shape index (κ2) is 9.67. The molecule has 1 fully saturated rings. The molecule has 1 unspecified atom stereocenters. The number of hydrogen-bond donors (Lipinski definition) is 1. The monoisotopic (exact) mass is 393 g/mol. The molecule has 1 aliphatic heterocycles. The third kappa shape index (κ3) is 5.04. The number of aromatic nitrogens is 1. The lowest BCUT2D eigenvalue weighted by molar-refractivity contribution is -0.134. The van der Waals surface area contributed by atoms with Crippen molar-refractivity contribution in [2.75, 3.05) is 19.6 Å². The molecule has 1 N–H and O–H groups in total. The smallest absolute Gasteiger partial charge is 0.223 e. The Morgan fingerprint density at radius 3 is 2.65 bits per heavy atom. The summed E-state index contributed by atoms with van der Waals surface area (Å²) in [7, 11) is 0. The molecule has 138 valence electrons. The number of nitrogens with zero attached hydrogens (tertiary/aromatic N) is 2. The van der Waals surface area contributed by atoms with Crippen molar-refractivity contribution in [3.8, 4) is 0 Å². The predicted octanol–water partition coefficient (Wildman–Crippen LogP) is 3.29. The zero-order valence-electron chi connectivity index (χ0n) is 14.2. The normalized spacial score (nSPS) is 16.7. The molecule has 1 aliphatic rings. The summed E-state index contributed by atoms with van der Waals surface area (Å²) in [6, 6.07) is 10.6. The minimum atomic E-state index is -0.0434. The van der Waals surface area contributed by atoms with Crippen LogP contribution in [0.15, 0.2) is 48.8 Å². The minimum absolute atomic E-state index is 0. The molecule has 2 aromatic rings. The molecule has 2 heterocycles. The van der Waals surface area contributed by atoms with Crippen LogP contribution in [-0.2, 0) is 4.79 Å². The van der Waals surface area contributed by atoms with Crippen LogP contribution in [0.25, 0.3) is 0 Å². The van der Waals surface area contributed by atoms with E-state index in [9.17, 15) is 9.59 Å². The van der Waals surface area contributed by atoms with Crippen molar-refractivity contribution in [2.24, 2.45) is 0 Å². The average molecular weight is 394 g/mol. The first-order chi connectivity index (χ1) is 12.1. The third-order valence-corrected chi connectivity index (χ3v) is 4.62. The van der Waals surface area contributed by atoms with E-state index in [-0.39, 0.29) is 43.0 Å². The summed E-state index contributed by atoms with van der Waals surface area (Å²) in [4.78, 5) is 30.9. The fourth-order valence-corrected chi connectivity index (χ4v) is 3.14. The molecule has 26 heavy (non-hydrogen) atoms. The highest BCUT2D eigenvalue weighted by Crippen LogP contribution is 2.23. The van der Waals surface area contributed by atoms with E-state index in [1.54, 1.807) is 36.7 Å². The summed E-state index contributed by atoms with van der Waals surface area (Å²) >= 11 is 5.84. The Morgan fingerprint density at radius 1 is 1.19 bits per heavy atom. The molecule has 0 saturated carbocycles. The number of Topliss-reactive ketones (excluding diaryl/α,β-unsaturated/α-hetero) is 1. The Hall–Kier alpha value is -1.95. The van der Waals surface area contributed by atoms with E-state index in [2.05, 4.69) is 10.3 Å². The number of carbonyl (C=O) groups is 2. The van der Waals surface area contributed by atoms with E-state index in [1.165, 1.54) is 0 Å². The van der Waals surface area contributed by atoms with Crippen molar-refractivity contribution in [3.63, 3.8) is 0 Å². The second-order valence-electron chi connectivity index (χ2n) is 6.02. The maximum Gasteiger partial charge on any atom is 0.223 e. The molecule has 3 rings (SSSR count). The Balaban J connectivity index is 0.00000243. The fraction of sp³-hybridized carbons (Fsp3) is 0.316. The highest BCUT2D eigenvalue weighted by molar-refractivity contribution is 6.30. The van der Waals surface area contributed by atoms with Gasteiger partial charge in [-0.2, -0.15) is 0 Å². The zero-order valence-corrected chi connectivity index (χ0v) is 15.8. The number of nitrogens with one attached hydrogen (secondary N) is 1. The molecule has 1 atom stereocenters. The van der Waals surface area contributed by atoms with Gasteiger partial charge >= 0.3 is 0 Å². The van der Waals surface area contributed by atoms with Gasteiger partial charge in [0.2, 0.25) is 5.91 Å². The summed E-state index contributed by atoms with van der Waals surface area (Å²) in [6.07, 6.45) is 3.91. The molecule has 1 aromatic carbocycles. The van der Waals surface area contributed by atoms with Crippen LogP contribution in [-0.4, -0.2) is 41.2 Å². The van der Waals surface area contributed by atoms with Gasteiger partial charge in [-0.25, -0.2) is 0 Å². The van der Waals surface area contributed by atoms with Crippen molar-refractivity contribution in [2.45, 2.75) is 18.9 Å². The maximum absolute atomic E-state index is 12.7. The lowest BCUT2D eigenvalue weighted by atomic mass is 10.0. The lowest BCUT2D eigenvalue weighted by Crippen LogP contribution is -2.48. The van der Waals surface area contributed by atoms with Crippen molar-refractivity contribution in [1.29, 1.82) is 0 Å². The number of ketones is 1. The van der Waals surface area contributed by atoms with Gasteiger partial charge in [0.05, 0.1) is 6.04 Å². The van der Waals surface area contributed by atoms with Crippen LogP contribution in [0.2, 0.25) is 5.02 Å². The van der Waals surface area contributed by atoms with E-state index in [0.717, 1.165) is 12.1 Å². The number of amides is 1. The number of carbonyl (C=O) groups excluding carboxylic acids is 2. The molecular weight excluding hydrogens is 373 g/mol. The topological polar surface area (TPSA) is 62.3 Å². The van der Waals surface area contributed by atoms with Gasteiger partial charge in [0, 0.05) is 55.5 Å². The molecule has 7 heteroatoms. The largest absolute Gasteiger partial charge is 0.333 e. The highest BCUT2D eigenvalue weighted by Gasteiger charge is 2.28. The first-order valence-corrected chi connectivity index (χ1v) is 8.72. The molecular formula is C19H21Cl2N3O2. The van der Waals surface area contributed by atoms with Crippen LogP contribution in [0.5, 0.6) is 0 Å². The van der Waals surface area contributed by atoms with Crippen molar-refractivity contribution in [3.05, 3.63) is 64.9 Å². The van der Waals surface area contributed by atoms with Gasteiger partial charge in [-0.3, -0.25) is 14.6 Å². The zero-order chi connectivity index (χ0) is 17.6. The molecule has 5 nitrogen and oxygen atoms in total. The van der Waals surface area contributed by atoms with Crippen LogP contribution in [0.3, 0.4) is 0 Å². The number of benzene rings is 1. The summed E-state index contributed by atoms with van der Waals surface area (Å²) in [6.45, 7) is 2.09. The number of piperazine rings is 1. The van der Waals surface area contributed by atoms with Crippen molar-refractivity contribution in [1.82, 2.24) is 15.2 Å². The standard InChI is InChI=1S/C19H20ClN3O2.ClH/c20-16-5-3-14(4-6-16)18(24)7-8-19(25)23-11-10-22-13-17(23)15-2-1-9-21-12-15;/h1-6,9,12,17,22H,7-8,10-11,13H2;1H. The van der Waals surface area contributed by atoms with E-state index in [4.69, 9.17) is 11.6 Å². The Bertz CT molecular complexity index is 738. The highest BCUT2D eigenvalue weighted by atomic mass is 35.5. The third-order valence-electron chi connectivity index (χ3n) is 4.37. The summed E-state index contributed by atoms with van der Waals surface area (Å²) in [5, 5.41) is 3.90. The van der Waals surface area contributed by atoms with Crippen LogP contribution < -0.4 is 5.32 Å². The first kappa shape index (κ1) is 20.4. The first-order valence-electron chi connectivity index (χ1n) is 8.34. The van der Waals surface area contributed by atoms with Crippen molar-refractivity contribution < 1.29 is 9.59 Å². The number of rotatable bonds is 5. The molecule has 1 saturated heterocycles. The number of halogens is 2. The minimum Gasteiger partial charge on any atom is -0.333 e. The van der Waals surface area contributed by atoms with E-state index < -0.39 is 0 Å². The lowest BCUT2D eigenvalue weighted by Gasteiger charge is -2.36. The van der Waals surface area contributed by atoms with Crippen LogP contribution in [0.4, 0.5) is 0 Å². The van der Waals surface area contributed by atoms with Gasteiger partial charge in [0.1, 0.15) is 0 Å². The predicted molar refractivity (Wildman–Crippen MR) is 104 cm³/mol. The molecule has 1 amide bonds. The summed E-state index contributed by atoms with van der Waals surface area (Å²) in [5.41, 5.74) is 1.59. The maximum atomic E-state index is 12.7. The van der Waals surface area contributed by atoms with Crippen molar-refractivity contribution >= 4 is 35.7 Å². The van der Waals surface area contributed by atoms with Gasteiger partial charge in [-0.15, -0.1) is 12.4 Å². The number of pyridine rings is 1. The van der Waals surface area contributed by atoms with Gasteiger partial charge in [0.25, 0.3) is 0 Å². The number of hydrogen-bond acceptors (Lipinski definition) is 4. The van der Waals surface area contributed by atoms with Gasteiger partial charge in [0.15, 0.2) is 5.78 Å². The average Bonchev–Trinajstić information content (AvgIpc) is 2.67. The Morgan fingerprint density at radius 2 is 1.96 bits per heavy atom. The van der Waals surface area contributed by atoms with Gasteiger partial charge < -0.3 is 10.2 Å². The summed E-state index contributed by atoms with van der Waals surface area (Å²) in [5.74, 6) is -0.0456. The van der Waals surface area contributed by atoms with Crippen LogP contribution in [0.1, 0.15) is 34.8 Å². The van der Waals surface area contributed by atoms with Gasteiger partial charge in [-0.05, 0) is 35.9 Å². The fourth-order valence-electron chi connectivity index (χ4n) is 3.02. The molecule has 0 bridgehead atoms. The second-order valence-corrected chi connectivity index (χ2v) is 6.46. The molecule has 0 aliphatic carbocycles. The Kier molecular flexibility index (Phi) is 7.57. The quantitative estimate of drug-likeness (QED) is 0.791. The van der Waals surface area contributed by atoms with Crippen LogP contribution in [0, 0.1) is 0 Å². The molecule has 1 aromatic heterocycles. The summed E-state index contributed by atoms with van der Waals surface area (Å²) < 4.78 is 0. The molecule has 0 radical (unpaired) electrons. The van der Waals surface area contributed by atoms with E-state index >= 15 is 0 Å². The SMILES string of the molecule is Cl.O=C(CCC(=O)N1CCNCC1c1cccnc1)c1ccc(Cl)cc1. The van der Waals surface area contributed by atoms with Crippen LogP contribution >= 0.6 is 24.0 Å².